The highest BCUT2D eigenvalue weighted by Gasteiger charge is 2.31. The van der Waals surface area contributed by atoms with Crippen LogP contribution in [0.2, 0.25) is 0 Å². The van der Waals surface area contributed by atoms with E-state index in [9.17, 15) is 13.2 Å². The zero-order chi connectivity index (χ0) is 22.9. The fraction of sp³-hybridized carbons (Fsp3) is 0.375. The molecule has 0 saturated carbocycles. The van der Waals surface area contributed by atoms with Crippen LogP contribution in [0.15, 0.2) is 58.5 Å². The van der Waals surface area contributed by atoms with Crippen molar-refractivity contribution in [1.29, 1.82) is 0 Å². The number of aldehydes is 1. The molecular formula is C24H27IN2O3S2. The molecule has 0 amide bonds. The number of hydrogen-bond acceptors (Lipinski definition) is 4. The van der Waals surface area contributed by atoms with Gasteiger partial charge in [0.2, 0.25) is 10.0 Å². The predicted molar refractivity (Wildman–Crippen MR) is 139 cm³/mol. The van der Waals surface area contributed by atoms with Gasteiger partial charge in [0.05, 0.1) is 11.4 Å². The van der Waals surface area contributed by atoms with Crippen molar-refractivity contribution in [2.75, 3.05) is 13.1 Å². The number of piperidine rings is 1. The maximum Gasteiger partial charge on any atom is 0.243 e. The molecule has 1 saturated heterocycles. The first-order valence-corrected chi connectivity index (χ1v) is 14.2. The zero-order valence-corrected chi connectivity index (χ0v) is 22.0. The van der Waals surface area contributed by atoms with Gasteiger partial charge >= 0.3 is 0 Å². The van der Waals surface area contributed by atoms with Crippen LogP contribution in [0, 0.1) is 3.57 Å². The van der Waals surface area contributed by atoms with Gasteiger partial charge in [-0.15, -0.1) is 11.8 Å². The van der Waals surface area contributed by atoms with Crippen molar-refractivity contribution in [2.45, 2.75) is 54.2 Å². The molecule has 1 fully saturated rings. The summed E-state index contributed by atoms with van der Waals surface area (Å²) in [4.78, 5) is 12.6. The van der Waals surface area contributed by atoms with E-state index in [1.54, 1.807) is 28.2 Å². The Bertz CT molecular complexity index is 1210. The summed E-state index contributed by atoms with van der Waals surface area (Å²) in [7, 11) is -3.49. The second-order valence-corrected chi connectivity index (χ2v) is 13.2. The Hall–Kier alpha value is -1.36. The van der Waals surface area contributed by atoms with Crippen LogP contribution in [0.4, 0.5) is 0 Å². The zero-order valence-electron chi connectivity index (χ0n) is 18.2. The van der Waals surface area contributed by atoms with Gasteiger partial charge in [-0.1, -0.05) is 13.8 Å². The minimum Gasteiger partial charge on any atom is -0.340 e. The van der Waals surface area contributed by atoms with Crippen LogP contribution in [-0.2, 0) is 21.4 Å². The molecule has 0 spiro atoms. The minimum absolute atomic E-state index is 0.278. The van der Waals surface area contributed by atoms with Crippen LogP contribution in [0.5, 0.6) is 0 Å². The Morgan fingerprint density at radius 3 is 2.44 bits per heavy atom. The smallest absolute Gasteiger partial charge is 0.243 e. The largest absolute Gasteiger partial charge is 0.340 e. The summed E-state index contributed by atoms with van der Waals surface area (Å²) in [5.74, 6) is 0.278. The molecule has 5 nitrogen and oxygen atoms in total. The van der Waals surface area contributed by atoms with Gasteiger partial charge in [-0.25, -0.2) is 8.42 Å². The Labute approximate surface area is 207 Å². The molecule has 32 heavy (non-hydrogen) atoms. The molecule has 2 aromatic carbocycles. The molecule has 4 rings (SSSR count). The average molecular weight is 583 g/mol. The number of aromatic nitrogens is 1. The van der Waals surface area contributed by atoms with E-state index in [1.165, 1.54) is 10.9 Å². The summed E-state index contributed by atoms with van der Waals surface area (Å²) >= 11 is 4.03. The van der Waals surface area contributed by atoms with Gasteiger partial charge in [0.25, 0.3) is 0 Å². The monoisotopic (exact) mass is 582 g/mol. The van der Waals surface area contributed by atoms with Gasteiger partial charge in [-0.2, -0.15) is 4.31 Å². The highest BCUT2D eigenvalue weighted by Crippen LogP contribution is 2.36. The van der Waals surface area contributed by atoms with Crippen LogP contribution < -0.4 is 0 Å². The van der Waals surface area contributed by atoms with Gasteiger partial charge in [-0.3, -0.25) is 0 Å². The Morgan fingerprint density at radius 1 is 1.12 bits per heavy atom. The van der Waals surface area contributed by atoms with Crippen molar-refractivity contribution in [3.05, 3.63) is 57.8 Å². The van der Waals surface area contributed by atoms with Crippen molar-refractivity contribution < 1.29 is 13.2 Å². The third-order valence-electron chi connectivity index (χ3n) is 5.87. The molecule has 0 N–H and O–H groups in total. The van der Waals surface area contributed by atoms with E-state index >= 15 is 0 Å². The van der Waals surface area contributed by atoms with Crippen LogP contribution >= 0.6 is 34.4 Å². The first-order valence-electron chi connectivity index (χ1n) is 10.8. The van der Waals surface area contributed by atoms with Crippen LogP contribution in [0.1, 0.15) is 38.2 Å². The molecule has 1 aliphatic heterocycles. The van der Waals surface area contributed by atoms with E-state index in [4.69, 9.17) is 0 Å². The molecule has 0 atom stereocenters. The van der Waals surface area contributed by atoms with E-state index in [0.29, 0.717) is 29.8 Å². The third-order valence-corrected chi connectivity index (χ3v) is 9.47. The number of benzene rings is 2. The van der Waals surface area contributed by atoms with E-state index in [-0.39, 0.29) is 5.92 Å². The lowest BCUT2D eigenvalue weighted by molar-refractivity contribution is -0.108. The van der Waals surface area contributed by atoms with Gasteiger partial charge in [-0.05, 0) is 89.4 Å². The van der Waals surface area contributed by atoms with E-state index in [1.807, 2.05) is 22.8 Å². The molecular weight excluding hydrogens is 555 g/mol. The molecule has 170 valence electrons. The number of halogens is 1. The Morgan fingerprint density at radius 2 is 1.81 bits per heavy atom. The van der Waals surface area contributed by atoms with Gasteiger partial charge in [0.15, 0.2) is 0 Å². The predicted octanol–water partition coefficient (Wildman–Crippen LogP) is 5.51. The van der Waals surface area contributed by atoms with Gasteiger partial charge in [0, 0.05) is 43.9 Å². The summed E-state index contributed by atoms with van der Waals surface area (Å²) in [6, 6.07) is 13.5. The molecule has 0 bridgehead atoms. The number of sulfonamides is 1. The standard InChI is InChI=1S/C24H27IN2O3S2/c1-17(2)31-20-4-6-21(7-5-20)32(29,30)27-11-9-18(10-12-27)23-16-26(13-14-28)24-8-3-19(25)15-22(23)24/h3-8,14-18H,9-13H2,1-2H3. The van der Waals surface area contributed by atoms with Crippen LogP contribution in [-0.4, -0.2) is 41.9 Å². The summed E-state index contributed by atoms with van der Waals surface area (Å²) in [5.41, 5.74) is 2.27. The van der Waals surface area contributed by atoms with Crippen molar-refractivity contribution in [3.63, 3.8) is 0 Å². The summed E-state index contributed by atoms with van der Waals surface area (Å²) in [6.45, 7) is 5.57. The Balaban J connectivity index is 1.52. The van der Waals surface area contributed by atoms with Crippen molar-refractivity contribution >= 4 is 61.6 Å². The van der Waals surface area contributed by atoms with Crippen molar-refractivity contribution in [1.82, 2.24) is 8.87 Å². The first kappa shape index (κ1) is 23.8. The topological polar surface area (TPSA) is 59.4 Å². The lowest BCUT2D eigenvalue weighted by Crippen LogP contribution is -2.37. The fourth-order valence-electron chi connectivity index (χ4n) is 4.37. The molecule has 3 aromatic rings. The number of hydrogen-bond donors (Lipinski definition) is 0. The SMILES string of the molecule is CC(C)Sc1ccc(S(=O)(=O)N2CCC(c3cn(CC=O)c4ccc(I)cc34)CC2)cc1. The van der Waals surface area contributed by atoms with Crippen molar-refractivity contribution in [2.24, 2.45) is 0 Å². The maximum absolute atomic E-state index is 13.2. The lowest BCUT2D eigenvalue weighted by atomic mass is 9.90. The lowest BCUT2D eigenvalue weighted by Gasteiger charge is -2.31. The molecule has 1 aliphatic rings. The molecule has 8 heteroatoms. The number of carbonyl (C=O) groups is 1. The highest BCUT2D eigenvalue weighted by molar-refractivity contribution is 14.1. The first-order chi connectivity index (χ1) is 15.3. The number of nitrogens with zero attached hydrogens (tertiary/aromatic N) is 2. The number of fused-ring (bicyclic) bond motifs is 1. The van der Waals surface area contributed by atoms with E-state index < -0.39 is 10.0 Å². The quantitative estimate of drug-likeness (QED) is 0.209. The third kappa shape index (κ3) is 4.93. The molecule has 0 aliphatic carbocycles. The maximum atomic E-state index is 13.2. The number of carbonyl (C=O) groups excluding carboxylic acids is 1. The summed E-state index contributed by atoms with van der Waals surface area (Å²) in [6.07, 6.45) is 4.54. The highest BCUT2D eigenvalue weighted by atomic mass is 127. The Kier molecular flexibility index (Phi) is 7.33. The molecule has 2 heterocycles. The summed E-state index contributed by atoms with van der Waals surface area (Å²) in [5, 5.41) is 1.62. The molecule has 0 radical (unpaired) electrons. The van der Waals surface area contributed by atoms with Gasteiger partial charge in [0.1, 0.15) is 6.29 Å². The minimum atomic E-state index is -3.49. The number of thioether (sulfide) groups is 1. The second-order valence-electron chi connectivity index (χ2n) is 8.38. The summed E-state index contributed by atoms with van der Waals surface area (Å²) < 4.78 is 31.1. The van der Waals surface area contributed by atoms with E-state index in [2.05, 4.69) is 54.8 Å². The van der Waals surface area contributed by atoms with E-state index in [0.717, 1.165) is 33.1 Å². The van der Waals surface area contributed by atoms with Gasteiger partial charge < -0.3 is 9.36 Å². The second kappa shape index (κ2) is 9.87. The van der Waals surface area contributed by atoms with Crippen LogP contribution in [0.25, 0.3) is 10.9 Å². The molecule has 0 unspecified atom stereocenters. The molecule has 1 aromatic heterocycles. The number of rotatable bonds is 7. The van der Waals surface area contributed by atoms with Crippen LogP contribution in [0.3, 0.4) is 0 Å². The average Bonchev–Trinajstić information content (AvgIpc) is 3.11. The fourth-order valence-corrected chi connectivity index (χ4v) is 7.17. The van der Waals surface area contributed by atoms with Crippen molar-refractivity contribution in [3.8, 4) is 0 Å². The normalized spacial score (nSPS) is 16.1.